The van der Waals surface area contributed by atoms with E-state index in [1.165, 1.54) is 24.5 Å². The number of hydrogen-bond donors (Lipinski definition) is 2. The Bertz CT molecular complexity index is 1270. The van der Waals surface area contributed by atoms with Gasteiger partial charge in [-0.15, -0.1) is 11.3 Å². The summed E-state index contributed by atoms with van der Waals surface area (Å²) < 4.78 is 20.6. The smallest absolute Gasteiger partial charge is 0.270 e. The maximum absolute atomic E-state index is 13.7. The first-order chi connectivity index (χ1) is 17.8. The number of nitrogens with zero attached hydrogens (tertiary/aromatic N) is 4. The molecule has 37 heavy (non-hydrogen) atoms. The fraction of sp³-hybridized carbons (Fsp3) is 0.500. The molecule has 0 unspecified atom stereocenters. The lowest BCUT2D eigenvalue weighted by atomic mass is 9.88. The highest BCUT2D eigenvalue weighted by Crippen LogP contribution is 2.51. The van der Waals surface area contributed by atoms with Gasteiger partial charge in [-0.25, -0.2) is 14.4 Å². The van der Waals surface area contributed by atoms with Gasteiger partial charge in [0.15, 0.2) is 0 Å². The molecule has 1 atom stereocenters. The summed E-state index contributed by atoms with van der Waals surface area (Å²) in [6, 6.07) is 2.42. The van der Waals surface area contributed by atoms with Gasteiger partial charge in [0, 0.05) is 24.2 Å². The van der Waals surface area contributed by atoms with Gasteiger partial charge in [-0.1, -0.05) is 0 Å². The number of nitrogens with one attached hydrogen (secondary N) is 2. The molecule has 2 amide bonds. The average molecular weight is 527 g/mol. The molecule has 0 radical (unpaired) electrons. The van der Waals surface area contributed by atoms with Gasteiger partial charge < -0.3 is 15.4 Å². The molecule has 0 aliphatic heterocycles. The highest BCUT2D eigenvalue weighted by atomic mass is 32.1. The fourth-order valence-corrected chi connectivity index (χ4v) is 5.78. The summed E-state index contributed by atoms with van der Waals surface area (Å²) in [4.78, 5) is 35.2. The Labute approximate surface area is 218 Å². The van der Waals surface area contributed by atoms with Crippen LogP contribution in [-0.2, 0) is 11.2 Å². The number of rotatable bonds is 11. The van der Waals surface area contributed by atoms with Crippen LogP contribution in [0.15, 0.2) is 30.7 Å². The number of aromatic nitrogens is 4. The van der Waals surface area contributed by atoms with Crippen LogP contribution in [0.2, 0.25) is 0 Å². The highest BCUT2D eigenvalue weighted by Gasteiger charge is 2.48. The molecule has 11 heteroatoms. The van der Waals surface area contributed by atoms with Gasteiger partial charge in [0.05, 0.1) is 24.5 Å². The van der Waals surface area contributed by atoms with Crippen LogP contribution in [0, 0.1) is 23.6 Å². The standard InChI is InChI=1S/C26H31FN6O3S/c1-14(2)33-19(8-9-30-33)24(34)32-23(22(15-4-5-15)16-6-7-16)25(35)31-21-13-28-20(37-21)11-17-10-18(27)12-29-26(17)36-3/h8-10,12-16,22-23H,4-7,11H2,1-3H3,(H,31,35)(H,32,34)/t23-/m0/s1. The predicted molar refractivity (Wildman–Crippen MR) is 137 cm³/mol. The minimum Gasteiger partial charge on any atom is -0.481 e. The number of pyridine rings is 1. The van der Waals surface area contributed by atoms with Crippen LogP contribution in [0.25, 0.3) is 0 Å². The first-order valence-electron chi connectivity index (χ1n) is 12.6. The minimum absolute atomic E-state index is 0.0215. The van der Waals surface area contributed by atoms with Crippen molar-refractivity contribution < 1.29 is 18.7 Å². The molecule has 3 heterocycles. The largest absolute Gasteiger partial charge is 0.481 e. The number of halogens is 1. The summed E-state index contributed by atoms with van der Waals surface area (Å²) in [5.74, 6) is 0.342. The molecule has 5 rings (SSSR count). The second kappa shape index (κ2) is 10.6. The van der Waals surface area contributed by atoms with Crippen molar-refractivity contribution >= 4 is 28.2 Å². The van der Waals surface area contributed by atoms with Crippen LogP contribution in [0.4, 0.5) is 9.39 Å². The van der Waals surface area contributed by atoms with Gasteiger partial charge >= 0.3 is 0 Å². The topological polar surface area (TPSA) is 111 Å². The molecule has 0 bridgehead atoms. The maximum atomic E-state index is 13.7. The van der Waals surface area contributed by atoms with Crippen molar-refractivity contribution in [3.63, 3.8) is 0 Å². The molecule has 9 nitrogen and oxygen atoms in total. The highest BCUT2D eigenvalue weighted by molar-refractivity contribution is 7.15. The molecular weight excluding hydrogens is 495 g/mol. The van der Waals surface area contributed by atoms with Crippen LogP contribution >= 0.6 is 11.3 Å². The zero-order valence-electron chi connectivity index (χ0n) is 21.1. The average Bonchev–Trinajstić information content (AvgIpc) is 3.79. The summed E-state index contributed by atoms with van der Waals surface area (Å²) in [7, 11) is 1.48. The molecular formula is C26H31FN6O3S. The van der Waals surface area contributed by atoms with E-state index in [4.69, 9.17) is 4.74 Å². The molecule has 0 saturated heterocycles. The van der Waals surface area contributed by atoms with Gasteiger partial charge in [-0.3, -0.25) is 14.3 Å². The number of amides is 2. The lowest BCUT2D eigenvalue weighted by Gasteiger charge is -2.27. The third-order valence-corrected chi connectivity index (χ3v) is 7.82. The van der Waals surface area contributed by atoms with Crippen molar-refractivity contribution in [2.24, 2.45) is 17.8 Å². The summed E-state index contributed by atoms with van der Waals surface area (Å²) in [5, 5.41) is 11.5. The van der Waals surface area contributed by atoms with E-state index >= 15 is 0 Å². The van der Waals surface area contributed by atoms with Gasteiger partial charge in [-0.05, 0) is 69.4 Å². The summed E-state index contributed by atoms with van der Waals surface area (Å²) >= 11 is 1.31. The monoisotopic (exact) mass is 526 g/mol. The Balaban J connectivity index is 1.33. The van der Waals surface area contributed by atoms with Crippen LogP contribution in [0.1, 0.15) is 66.6 Å². The van der Waals surface area contributed by atoms with Crippen LogP contribution in [-0.4, -0.2) is 44.7 Å². The Hall–Kier alpha value is -3.34. The normalized spacial score (nSPS) is 16.2. The van der Waals surface area contributed by atoms with Crippen LogP contribution in [0.5, 0.6) is 5.88 Å². The van der Waals surface area contributed by atoms with E-state index in [-0.39, 0.29) is 23.8 Å². The van der Waals surface area contributed by atoms with Gasteiger partial charge in [-0.2, -0.15) is 5.10 Å². The second-order valence-corrected chi connectivity index (χ2v) is 11.2. The van der Waals surface area contributed by atoms with E-state index in [0.29, 0.717) is 45.4 Å². The third kappa shape index (κ3) is 5.82. The Morgan fingerprint density at radius 3 is 2.57 bits per heavy atom. The van der Waals surface area contributed by atoms with Crippen molar-refractivity contribution in [3.8, 4) is 5.88 Å². The molecule has 2 fully saturated rings. The van der Waals surface area contributed by atoms with Crippen molar-refractivity contribution in [2.75, 3.05) is 12.4 Å². The van der Waals surface area contributed by atoms with Gasteiger partial charge in [0.1, 0.15) is 22.6 Å². The van der Waals surface area contributed by atoms with E-state index in [1.807, 2.05) is 13.8 Å². The quantitative estimate of drug-likeness (QED) is 0.387. The zero-order chi connectivity index (χ0) is 26.1. The van der Waals surface area contributed by atoms with Crippen molar-refractivity contribution in [3.05, 3.63) is 52.8 Å². The number of carbonyl (C=O) groups is 2. The van der Waals surface area contributed by atoms with E-state index in [2.05, 4.69) is 25.7 Å². The van der Waals surface area contributed by atoms with E-state index in [9.17, 15) is 14.0 Å². The number of methoxy groups -OCH3 is 1. The molecule has 2 N–H and O–H groups in total. The SMILES string of the molecule is COc1ncc(F)cc1Cc1ncc(NC(=O)[C@@H](NC(=O)c2ccnn2C(C)C)C(C2CC2)C2CC2)s1. The lowest BCUT2D eigenvalue weighted by molar-refractivity contribution is -0.119. The summed E-state index contributed by atoms with van der Waals surface area (Å²) in [6.45, 7) is 3.92. The molecule has 2 aliphatic carbocycles. The van der Waals surface area contributed by atoms with E-state index in [1.54, 1.807) is 23.1 Å². The Morgan fingerprint density at radius 2 is 1.92 bits per heavy atom. The number of anilines is 1. The van der Waals surface area contributed by atoms with Crippen LogP contribution < -0.4 is 15.4 Å². The minimum atomic E-state index is -0.652. The number of ether oxygens (including phenoxy) is 1. The first kappa shape index (κ1) is 25.3. The number of carbonyl (C=O) groups excluding carboxylic acids is 2. The number of hydrogen-bond acceptors (Lipinski definition) is 7. The molecule has 2 saturated carbocycles. The van der Waals surface area contributed by atoms with Crippen LogP contribution in [0.3, 0.4) is 0 Å². The molecule has 0 spiro atoms. The van der Waals surface area contributed by atoms with Gasteiger partial charge in [0.25, 0.3) is 5.91 Å². The Kier molecular flexibility index (Phi) is 7.23. The van der Waals surface area contributed by atoms with E-state index < -0.39 is 11.9 Å². The second-order valence-electron chi connectivity index (χ2n) is 10.1. The molecule has 3 aromatic rings. The fourth-order valence-electron chi connectivity index (χ4n) is 4.94. The zero-order valence-corrected chi connectivity index (χ0v) is 21.9. The first-order valence-corrected chi connectivity index (χ1v) is 13.4. The lowest BCUT2D eigenvalue weighted by Crippen LogP contribution is -2.50. The third-order valence-electron chi connectivity index (χ3n) is 6.91. The summed E-state index contributed by atoms with van der Waals surface area (Å²) in [6.07, 6.45) is 8.95. The summed E-state index contributed by atoms with van der Waals surface area (Å²) in [5.41, 5.74) is 1.01. The Morgan fingerprint density at radius 1 is 1.19 bits per heavy atom. The molecule has 196 valence electrons. The van der Waals surface area contributed by atoms with Crippen molar-refractivity contribution in [2.45, 2.75) is 58.0 Å². The van der Waals surface area contributed by atoms with Crippen molar-refractivity contribution in [1.82, 2.24) is 25.1 Å². The predicted octanol–water partition coefficient (Wildman–Crippen LogP) is 4.23. The van der Waals surface area contributed by atoms with Crippen molar-refractivity contribution in [1.29, 1.82) is 0 Å². The molecule has 2 aliphatic rings. The molecule has 0 aromatic carbocycles. The molecule has 3 aromatic heterocycles. The number of thiazole rings is 1. The van der Waals surface area contributed by atoms with E-state index in [0.717, 1.165) is 31.9 Å². The maximum Gasteiger partial charge on any atom is 0.270 e. The van der Waals surface area contributed by atoms with Gasteiger partial charge in [0.2, 0.25) is 11.8 Å².